The topological polar surface area (TPSA) is 95.6 Å². The normalized spacial score (nSPS) is 11.4. The molecule has 180 valence electrons. The van der Waals surface area contributed by atoms with Gasteiger partial charge in [-0.1, -0.05) is 6.07 Å². The number of benzene rings is 2. The molecule has 3 heterocycles. The molecule has 3 N–H and O–H groups in total. The Morgan fingerprint density at radius 3 is 2.64 bits per heavy atom. The van der Waals surface area contributed by atoms with Gasteiger partial charge in [-0.15, -0.1) is 0 Å². The minimum atomic E-state index is -4.52. The third-order valence-corrected chi connectivity index (χ3v) is 5.57. The molecule has 0 atom stereocenters. The second-order valence-electron chi connectivity index (χ2n) is 8.05. The van der Waals surface area contributed by atoms with E-state index in [0.717, 1.165) is 40.0 Å². The van der Waals surface area contributed by atoms with Gasteiger partial charge in [-0.25, -0.2) is 15.0 Å². The van der Waals surface area contributed by atoms with Crippen molar-refractivity contribution in [1.29, 1.82) is 0 Å². The zero-order chi connectivity index (χ0) is 25.3. The number of hydrogen-bond acceptors (Lipinski definition) is 5. The molecule has 0 spiro atoms. The number of pyridine rings is 1. The molecule has 10 heteroatoms. The summed E-state index contributed by atoms with van der Waals surface area (Å²) in [5, 5.41) is 6.76. The van der Waals surface area contributed by atoms with E-state index in [0.29, 0.717) is 17.3 Å². The number of carbonyl (C=O) groups excluding carboxylic acids is 1. The van der Waals surface area contributed by atoms with E-state index in [-0.39, 0.29) is 5.56 Å². The molecule has 0 saturated carbocycles. The Hall–Kier alpha value is -4.73. The Labute approximate surface area is 203 Å². The Kier molecular flexibility index (Phi) is 5.85. The fraction of sp³-hybridized carbons (Fsp3) is 0.0769. The molecule has 2 aromatic carbocycles. The van der Waals surface area contributed by atoms with E-state index in [1.807, 2.05) is 25.3 Å². The van der Waals surface area contributed by atoms with E-state index < -0.39 is 17.6 Å². The number of alkyl halides is 3. The van der Waals surface area contributed by atoms with E-state index >= 15 is 0 Å². The summed E-state index contributed by atoms with van der Waals surface area (Å²) in [7, 11) is 0. The minimum absolute atomic E-state index is 0.0811. The van der Waals surface area contributed by atoms with Gasteiger partial charge in [0.05, 0.1) is 11.3 Å². The Bertz CT molecular complexity index is 1580. The highest BCUT2D eigenvalue weighted by atomic mass is 19.4. The van der Waals surface area contributed by atoms with Crippen LogP contribution in [0.15, 0.2) is 79.3 Å². The first-order valence-electron chi connectivity index (χ1n) is 10.9. The maximum absolute atomic E-state index is 13.0. The number of rotatable bonds is 5. The van der Waals surface area contributed by atoms with Crippen LogP contribution in [0.2, 0.25) is 0 Å². The lowest BCUT2D eigenvalue weighted by molar-refractivity contribution is -0.137. The van der Waals surface area contributed by atoms with Crippen molar-refractivity contribution >= 4 is 34.3 Å². The number of aromatic nitrogens is 4. The van der Waals surface area contributed by atoms with Gasteiger partial charge < -0.3 is 15.6 Å². The lowest BCUT2D eigenvalue weighted by Gasteiger charge is -2.12. The SMILES string of the molecule is Cc1cc(NC(=O)c2cccc(C(F)(F)F)c2)ccc1Nc1nccc(-c2c[nH]c3ncccc23)n1. The molecular weight excluding hydrogens is 469 g/mol. The fourth-order valence-corrected chi connectivity index (χ4v) is 3.78. The van der Waals surface area contributed by atoms with Gasteiger partial charge in [0.2, 0.25) is 5.95 Å². The average molecular weight is 488 g/mol. The monoisotopic (exact) mass is 488 g/mol. The van der Waals surface area contributed by atoms with Crippen molar-refractivity contribution in [3.8, 4) is 11.3 Å². The smallest absolute Gasteiger partial charge is 0.345 e. The third-order valence-electron chi connectivity index (χ3n) is 5.57. The average Bonchev–Trinajstić information content (AvgIpc) is 3.30. The van der Waals surface area contributed by atoms with Crippen LogP contribution in [0.1, 0.15) is 21.5 Å². The van der Waals surface area contributed by atoms with Crippen molar-refractivity contribution in [2.24, 2.45) is 0 Å². The molecule has 0 aliphatic rings. The van der Waals surface area contributed by atoms with Crippen LogP contribution in [-0.4, -0.2) is 25.8 Å². The standard InChI is InChI=1S/C26H19F3N6O/c1-15-12-18(33-24(36)16-4-2-5-17(13-16)26(27,28)29)7-8-21(15)34-25-31-11-9-22(35-25)20-14-32-23-19(20)6-3-10-30-23/h2-14H,1H3,(H,30,32)(H,33,36)(H,31,34,35). The molecule has 3 aromatic heterocycles. The van der Waals surface area contributed by atoms with Crippen molar-refractivity contribution in [3.05, 3.63) is 95.9 Å². The molecular formula is C26H19F3N6O. The Morgan fingerprint density at radius 2 is 1.83 bits per heavy atom. The van der Waals surface area contributed by atoms with Gasteiger partial charge >= 0.3 is 6.18 Å². The van der Waals surface area contributed by atoms with Crippen molar-refractivity contribution in [3.63, 3.8) is 0 Å². The zero-order valence-corrected chi connectivity index (χ0v) is 18.9. The van der Waals surface area contributed by atoms with Gasteiger partial charge in [0.15, 0.2) is 0 Å². The lowest BCUT2D eigenvalue weighted by Crippen LogP contribution is -2.14. The second-order valence-corrected chi connectivity index (χ2v) is 8.05. The maximum Gasteiger partial charge on any atom is 0.416 e. The summed E-state index contributed by atoms with van der Waals surface area (Å²) in [6.45, 7) is 1.83. The highest BCUT2D eigenvalue weighted by molar-refractivity contribution is 6.04. The van der Waals surface area contributed by atoms with Crippen LogP contribution in [0.25, 0.3) is 22.3 Å². The molecule has 5 rings (SSSR count). The summed E-state index contributed by atoms with van der Waals surface area (Å²) in [6.07, 6.45) is 0.685. The van der Waals surface area contributed by atoms with E-state index in [1.165, 1.54) is 12.1 Å². The predicted octanol–water partition coefficient (Wildman–Crippen LogP) is 6.34. The number of anilines is 3. The first-order chi connectivity index (χ1) is 17.3. The molecule has 0 radical (unpaired) electrons. The van der Waals surface area contributed by atoms with Crippen LogP contribution in [0, 0.1) is 6.92 Å². The minimum Gasteiger partial charge on any atom is -0.345 e. The highest BCUT2D eigenvalue weighted by Crippen LogP contribution is 2.30. The largest absolute Gasteiger partial charge is 0.416 e. The predicted molar refractivity (Wildman–Crippen MR) is 131 cm³/mol. The zero-order valence-electron chi connectivity index (χ0n) is 18.9. The lowest BCUT2D eigenvalue weighted by atomic mass is 10.1. The summed E-state index contributed by atoms with van der Waals surface area (Å²) in [4.78, 5) is 28.8. The summed E-state index contributed by atoms with van der Waals surface area (Å²) >= 11 is 0. The Balaban J connectivity index is 1.33. The van der Waals surface area contributed by atoms with Gasteiger partial charge in [-0.05, 0) is 67.1 Å². The molecule has 36 heavy (non-hydrogen) atoms. The molecule has 0 bridgehead atoms. The number of aryl methyl sites for hydroxylation is 1. The van der Waals surface area contributed by atoms with Crippen LogP contribution in [0.5, 0.6) is 0 Å². The number of H-pyrrole nitrogens is 1. The van der Waals surface area contributed by atoms with E-state index in [4.69, 9.17) is 0 Å². The number of aromatic amines is 1. The molecule has 7 nitrogen and oxygen atoms in total. The van der Waals surface area contributed by atoms with Crippen molar-refractivity contribution in [1.82, 2.24) is 19.9 Å². The van der Waals surface area contributed by atoms with Gasteiger partial charge in [-0.2, -0.15) is 13.2 Å². The number of carbonyl (C=O) groups is 1. The highest BCUT2D eigenvalue weighted by Gasteiger charge is 2.30. The van der Waals surface area contributed by atoms with Crippen molar-refractivity contribution in [2.75, 3.05) is 10.6 Å². The number of nitrogens with zero attached hydrogens (tertiary/aromatic N) is 3. The third kappa shape index (κ3) is 4.74. The summed E-state index contributed by atoms with van der Waals surface area (Å²) in [5.74, 6) is -0.250. The molecule has 0 saturated heterocycles. The summed E-state index contributed by atoms with van der Waals surface area (Å²) < 4.78 is 38.9. The number of halogens is 3. The molecule has 0 unspecified atom stereocenters. The van der Waals surface area contributed by atoms with E-state index in [2.05, 4.69) is 30.6 Å². The van der Waals surface area contributed by atoms with Crippen LogP contribution in [0.3, 0.4) is 0 Å². The van der Waals surface area contributed by atoms with E-state index in [1.54, 1.807) is 36.7 Å². The van der Waals surface area contributed by atoms with Crippen molar-refractivity contribution in [2.45, 2.75) is 13.1 Å². The van der Waals surface area contributed by atoms with Crippen LogP contribution in [0.4, 0.5) is 30.5 Å². The number of amides is 1. The second kappa shape index (κ2) is 9.14. The first kappa shape index (κ1) is 23.0. The number of hydrogen-bond donors (Lipinski definition) is 3. The molecule has 0 aliphatic carbocycles. The number of fused-ring (bicyclic) bond motifs is 1. The van der Waals surface area contributed by atoms with Crippen molar-refractivity contribution < 1.29 is 18.0 Å². The summed E-state index contributed by atoms with van der Waals surface area (Å²) in [6, 6.07) is 15.0. The van der Waals surface area contributed by atoms with Gasteiger partial charge in [-0.3, -0.25) is 4.79 Å². The van der Waals surface area contributed by atoms with Crippen LogP contribution >= 0.6 is 0 Å². The maximum atomic E-state index is 13.0. The van der Waals surface area contributed by atoms with Crippen LogP contribution < -0.4 is 10.6 Å². The van der Waals surface area contributed by atoms with Gasteiger partial charge in [0, 0.05) is 46.5 Å². The molecule has 5 aromatic rings. The Morgan fingerprint density at radius 1 is 0.972 bits per heavy atom. The quantitative estimate of drug-likeness (QED) is 0.268. The van der Waals surface area contributed by atoms with Gasteiger partial charge in [0.1, 0.15) is 5.65 Å². The van der Waals surface area contributed by atoms with Gasteiger partial charge in [0.25, 0.3) is 5.91 Å². The number of nitrogens with one attached hydrogen (secondary N) is 3. The first-order valence-corrected chi connectivity index (χ1v) is 10.9. The molecule has 0 aliphatic heterocycles. The molecule has 0 fully saturated rings. The summed E-state index contributed by atoms with van der Waals surface area (Å²) in [5.41, 5.74) is 3.36. The molecule has 1 amide bonds. The van der Waals surface area contributed by atoms with Crippen LogP contribution in [-0.2, 0) is 6.18 Å². The van der Waals surface area contributed by atoms with E-state index in [9.17, 15) is 18.0 Å². The fourth-order valence-electron chi connectivity index (χ4n) is 3.78.